The van der Waals surface area contributed by atoms with Gasteiger partial charge in [0.15, 0.2) is 0 Å². The SMILES string of the molecule is CC1CC(C)CC(n2c(C(C)C)nc3cc(N)ccc32)C1. The number of nitrogens with zero attached hydrogens (tertiary/aromatic N) is 2. The van der Waals surface area contributed by atoms with Crippen LogP contribution in [0.25, 0.3) is 11.0 Å². The van der Waals surface area contributed by atoms with Gasteiger partial charge in [-0.1, -0.05) is 27.7 Å². The summed E-state index contributed by atoms with van der Waals surface area (Å²) in [5.41, 5.74) is 9.03. The molecular weight excluding hydrogens is 258 g/mol. The zero-order valence-electron chi connectivity index (χ0n) is 13.6. The molecule has 0 aliphatic heterocycles. The topological polar surface area (TPSA) is 43.8 Å². The van der Waals surface area contributed by atoms with E-state index in [-0.39, 0.29) is 0 Å². The summed E-state index contributed by atoms with van der Waals surface area (Å²) >= 11 is 0. The summed E-state index contributed by atoms with van der Waals surface area (Å²) in [7, 11) is 0. The monoisotopic (exact) mass is 285 g/mol. The highest BCUT2D eigenvalue weighted by molar-refractivity contribution is 5.80. The van der Waals surface area contributed by atoms with Crippen LogP contribution in [0.1, 0.15) is 64.7 Å². The molecule has 1 aromatic carbocycles. The Morgan fingerprint density at radius 3 is 2.43 bits per heavy atom. The first kappa shape index (κ1) is 14.4. The second-order valence-corrected chi connectivity index (χ2v) is 7.31. The molecule has 114 valence electrons. The molecule has 3 nitrogen and oxygen atoms in total. The Hall–Kier alpha value is -1.51. The van der Waals surface area contributed by atoms with Gasteiger partial charge in [-0.05, 0) is 49.3 Å². The number of hydrogen-bond acceptors (Lipinski definition) is 2. The lowest BCUT2D eigenvalue weighted by Crippen LogP contribution is -2.24. The molecule has 1 aliphatic carbocycles. The fourth-order valence-electron chi connectivity index (χ4n) is 4.04. The number of anilines is 1. The molecule has 1 saturated carbocycles. The minimum Gasteiger partial charge on any atom is -0.399 e. The first-order valence-electron chi connectivity index (χ1n) is 8.23. The lowest BCUT2D eigenvalue weighted by molar-refractivity contribution is 0.220. The molecule has 0 spiro atoms. The number of nitrogens with two attached hydrogens (primary N) is 1. The predicted octanol–water partition coefficient (Wildman–Crippen LogP) is 4.74. The fourth-order valence-corrected chi connectivity index (χ4v) is 4.04. The molecule has 2 atom stereocenters. The fraction of sp³-hybridized carbons (Fsp3) is 0.611. The Balaban J connectivity index is 2.13. The lowest BCUT2D eigenvalue weighted by Gasteiger charge is -2.34. The van der Waals surface area contributed by atoms with Crippen molar-refractivity contribution in [2.24, 2.45) is 11.8 Å². The van der Waals surface area contributed by atoms with Crippen LogP contribution in [0.15, 0.2) is 18.2 Å². The second-order valence-electron chi connectivity index (χ2n) is 7.31. The third-order valence-electron chi connectivity index (χ3n) is 4.78. The zero-order chi connectivity index (χ0) is 15.1. The average molecular weight is 285 g/mol. The molecule has 1 aromatic heterocycles. The molecule has 0 bridgehead atoms. The maximum absolute atomic E-state index is 5.93. The average Bonchev–Trinajstić information content (AvgIpc) is 2.76. The van der Waals surface area contributed by atoms with Crippen molar-refractivity contribution < 1.29 is 0 Å². The van der Waals surface area contributed by atoms with Crippen LogP contribution in [0.2, 0.25) is 0 Å². The molecule has 21 heavy (non-hydrogen) atoms. The van der Waals surface area contributed by atoms with Crippen LogP contribution < -0.4 is 5.73 Å². The van der Waals surface area contributed by atoms with Gasteiger partial charge in [0, 0.05) is 17.6 Å². The van der Waals surface area contributed by atoms with Crippen molar-refractivity contribution in [3.05, 3.63) is 24.0 Å². The molecule has 0 radical (unpaired) electrons. The van der Waals surface area contributed by atoms with Crippen molar-refractivity contribution in [2.75, 3.05) is 5.73 Å². The molecule has 3 rings (SSSR count). The van der Waals surface area contributed by atoms with Crippen molar-refractivity contribution >= 4 is 16.7 Å². The van der Waals surface area contributed by atoms with E-state index < -0.39 is 0 Å². The Bertz CT molecular complexity index is 631. The molecule has 1 aliphatic rings. The highest BCUT2D eigenvalue weighted by atomic mass is 15.1. The Kier molecular flexibility index (Phi) is 3.68. The number of fused-ring (bicyclic) bond motifs is 1. The van der Waals surface area contributed by atoms with Gasteiger partial charge in [-0.3, -0.25) is 0 Å². The zero-order valence-corrected chi connectivity index (χ0v) is 13.6. The van der Waals surface area contributed by atoms with Crippen molar-refractivity contribution in [1.82, 2.24) is 9.55 Å². The highest BCUT2D eigenvalue weighted by Gasteiger charge is 2.28. The van der Waals surface area contributed by atoms with E-state index in [1.54, 1.807) is 0 Å². The van der Waals surface area contributed by atoms with Crippen LogP contribution in [0.3, 0.4) is 0 Å². The Morgan fingerprint density at radius 1 is 1.14 bits per heavy atom. The van der Waals surface area contributed by atoms with E-state index in [1.807, 2.05) is 12.1 Å². The van der Waals surface area contributed by atoms with Gasteiger partial charge in [0.05, 0.1) is 11.0 Å². The Morgan fingerprint density at radius 2 is 1.81 bits per heavy atom. The quantitative estimate of drug-likeness (QED) is 0.810. The van der Waals surface area contributed by atoms with Crippen molar-refractivity contribution in [3.63, 3.8) is 0 Å². The second kappa shape index (κ2) is 5.36. The van der Waals surface area contributed by atoms with Crippen LogP contribution >= 0.6 is 0 Å². The summed E-state index contributed by atoms with van der Waals surface area (Å²) < 4.78 is 2.51. The number of imidazole rings is 1. The maximum atomic E-state index is 5.93. The van der Waals surface area contributed by atoms with Crippen molar-refractivity contribution in [1.29, 1.82) is 0 Å². The van der Waals surface area contributed by atoms with Gasteiger partial charge >= 0.3 is 0 Å². The van der Waals surface area contributed by atoms with Crippen molar-refractivity contribution in [2.45, 2.75) is 58.9 Å². The maximum Gasteiger partial charge on any atom is 0.112 e. The summed E-state index contributed by atoms with van der Waals surface area (Å²) in [5.74, 6) is 3.24. The summed E-state index contributed by atoms with van der Waals surface area (Å²) in [4.78, 5) is 4.88. The van der Waals surface area contributed by atoms with Crippen LogP contribution in [-0.4, -0.2) is 9.55 Å². The molecule has 1 fully saturated rings. The molecule has 1 heterocycles. The van der Waals surface area contributed by atoms with Gasteiger partial charge in [-0.15, -0.1) is 0 Å². The minimum absolute atomic E-state index is 0.436. The third kappa shape index (κ3) is 2.66. The van der Waals surface area contributed by atoms with E-state index in [9.17, 15) is 0 Å². The van der Waals surface area contributed by atoms with Crippen LogP contribution in [0, 0.1) is 11.8 Å². The van der Waals surface area contributed by atoms with E-state index in [2.05, 4.69) is 38.3 Å². The van der Waals surface area contributed by atoms with Gasteiger partial charge in [0.1, 0.15) is 5.82 Å². The highest BCUT2D eigenvalue weighted by Crippen LogP contribution is 2.39. The molecule has 3 heteroatoms. The number of nitrogen functional groups attached to an aromatic ring is 1. The first-order valence-corrected chi connectivity index (χ1v) is 8.23. The smallest absolute Gasteiger partial charge is 0.112 e. The van der Waals surface area contributed by atoms with Gasteiger partial charge in [-0.25, -0.2) is 4.98 Å². The number of aromatic nitrogens is 2. The van der Waals surface area contributed by atoms with E-state index in [1.165, 1.54) is 30.6 Å². The molecular formula is C18H27N3. The molecule has 2 unspecified atom stereocenters. The van der Waals surface area contributed by atoms with Crippen LogP contribution in [-0.2, 0) is 0 Å². The van der Waals surface area contributed by atoms with Gasteiger partial charge in [-0.2, -0.15) is 0 Å². The summed E-state index contributed by atoms with van der Waals surface area (Å²) in [6, 6.07) is 6.73. The molecule has 0 saturated heterocycles. The predicted molar refractivity (Wildman–Crippen MR) is 89.5 cm³/mol. The number of hydrogen-bond donors (Lipinski definition) is 1. The molecule has 2 N–H and O–H groups in total. The number of benzene rings is 1. The normalized spacial score (nSPS) is 26.6. The molecule has 2 aromatic rings. The van der Waals surface area contributed by atoms with Gasteiger partial charge in [0.2, 0.25) is 0 Å². The Labute approximate surface area is 127 Å². The standard InChI is InChI=1S/C18H27N3/c1-11(2)18-20-16-10-14(19)5-6-17(16)21(18)15-8-12(3)7-13(4)9-15/h5-6,10-13,15H,7-9,19H2,1-4H3. The van der Waals surface area contributed by atoms with Crippen molar-refractivity contribution in [3.8, 4) is 0 Å². The summed E-state index contributed by atoms with van der Waals surface area (Å²) in [5, 5.41) is 0. The van der Waals surface area contributed by atoms with E-state index >= 15 is 0 Å². The van der Waals surface area contributed by atoms with E-state index in [4.69, 9.17) is 10.7 Å². The first-order chi connectivity index (χ1) is 9.95. The van der Waals surface area contributed by atoms with Gasteiger partial charge in [0.25, 0.3) is 0 Å². The van der Waals surface area contributed by atoms with E-state index in [0.29, 0.717) is 12.0 Å². The lowest BCUT2D eigenvalue weighted by atomic mass is 9.80. The van der Waals surface area contributed by atoms with Crippen LogP contribution in [0.4, 0.5) is 5.69 Å². The van der Waals surface area contributed by atoms with Crippen LogP contribution in [0.5, 0.6) is 0 Å². The third-order valence-corrected chi connectivity index (χ3v) is 4.78. The van der Waals surface area contributed by atoms with Gasteiger partial charge < -0.3 is 10.3 Å². The minimum atomic E-state index is 0.436. The van der Waals surface area contributed by atoms with E-state index in [0.717, 1.165) is 23.0 Å². The molecule has 0 amide bonds. The largest absolute Gasteiger partial charge is 0.399 e. The summed E-state index contributed by atoms with van der Waals surface area (Å²) in [6.07, 6.45) is 3.88. The number of rotatable bonds is 2. The summed E-state index contributed by atoms with van der Waals surface area (Å²) in [6.45, 7) is 9.23.